The van der Waals surface area contributed by atoms with Crippen LogP contribution in [0.25, 0.3) is 22.2 Å². The molecule has 36 heavy (non-hydrogen) atoms. The van der Waals surface area contributed by atoms with Gasteiger partial charge in [0.05, 0.1) is 24.3 Å². The molecule has 1 aliphatic rings. The summed E-state index contributed by atoms with van der Waals surface area (Å²) >= 11 is 0. The maximum Gasteiger partial charge on any atom is 0.254 e. The van der Waals surface area contributed by atoms with E-state index in [1.165, 1.54) is 6.20 Å². The van der Waals surface area contributed by atoms with E-state index in [1.54, 1.807) is 41.4 Å². The largest absolute Gasteiger partial charge is 0.378 e. The first kappa shape index (κ1) is 23.3. The van der Waals surface area contributed by atoms with Crippen LogP contribution >= 0.6 is 0 Å². The minimum atomic E-state index is -1.31. The molecule has 0 aliphatic carbocycles. The number of ketones is 1. The van der Waals surface area contributed by atoms with Gasteiger partial charge in [0.1, 0.15) is 17.3 Å². The number of halogens is 2. The van der Waals surface area contributed by atoms with Crippen molar-refractivity contribution in [2.75, 3.05) is 26.3 Å². The molecule has 1 aliphatic heterocycles. The van der Waals surface area contributed by atoms with Crippen LogP contribution in [-0.4, -0.2) is 58.8 Å². The third-order valence-corrected chi connectivity index (χ3v) is 6.12. The Morgan fingerprint density at radius 1 is 0.972 bits per heavy atom. The number of rotatable bonds is 5. The van der Waals surface area contributed by atoms with Crippen molar-refractivity contribution in [2.24, 2.45) is 5.73 Å². The number of carbonyl (C=O) groups is 3. The van der Waals surface area contributed by atoms with Crippen LogP contribution in [0.1, 0.15) is 36.6 Å². The fourth-order valence-corrected chi connectivity index (χ4v) is 4.19. The third kappa shape index (κ3) is 4.11. The molecule has 182 valence electrons. The molecule has 3 N–H and O–H groups in total. The first-order chi connectivity index (χ1) is 17.3. The molecule has 0 bridgehead atoms. The zero-order valence-electron chi connectivity index (χ0n) is 18.9. The third-order valence-electron chi connectivity index (χ3n) is 6.12. The molecule has 3 heterocycles. The van der Waals surface area contributed by atoms with Gasteiger partial charge >= 0.3 is 0 Å². The van der Waals surface area contributed by atoms with Crippen molar-refractivity contribution in [3.63, 3.8) is 0 Å². The highest BCUT2D eigenvalue weighted by molar-refractivity contribution is 6.17. The minimum absolute atomic E-state index is 0.0158. The van der Waals surface area contributed by atoms with Gasteiger partial charge in [0, 0.05) is 47.6 Å². The van der Waals surface area contributed by atoms with E-state index in [1.807, 2.05) is 0 Å². The second kappa shape index (κ2) is 9.31. The summed E-state index contributed by atoms with van der Waals surface area (Å²) in [5.74, 6) is -4.57. The molecule has 0 spiro atoms. The number of morpholine rings is 1. The number of hydrogen-bond acceptors (Lipinski definition) is 5. The first-order valence-corrected chi connectivity index (χ1v) is 11.1. The molecule has 2 aromatic carbocycles. The fraction of sp³-hybridized carbons (Fsp3) is 0.154. The molecule has 0 atom stereocenters. The number of nitrogens with one attached hydrogen (secondary N) is 1. The summed E-state index contributed by atoms with van der Waals surface area (Å²) in [5, 5.41) is 0.342. The van der Waals surface area contributed by atoms with Crippen LogP contribution < -0.4 is 5.73 Å². The Morgan fingerprint density at radius 3 is 2.39 bits per heavy atom. The van der Waals surface area contributed by atoms with Gasteiger partial charge in [-0.25, -0.2) is 13.8 Å². The maximum atomic E-state index is 14.8. The summed E-state index contributed by atoms with van der Waals surface area (Å²) in [6, 6.07) is 10.3. The van der Waals surface area contributed by atoms with E-state index < -0.39 is 34.5 Å². The Morgan fingerprint density at radius 2 is 1.69 bits per heavy atom. The van der Waals surface area contributed by atoms with E-state index in [2.05, 4.69) is 9.97 Å². The van der Waals surface area contributed by atoms with Gasteiger partial charge in [-0.3, -0.25) is 14.4 Å². The van der Waals surface area contributed by atoms with Crippen LogP contribution in [0.5, 0.6) is 0 Å². The zero-order valence-corrected chi connectivity index (χ0v) is 18.9. The monoisotopic (exact) mass is 490 g/mol. The van der Waals surface area contributed by atoms with E-state index in [4.69, 9.17) is 10.5 Å². The number of pyridine rings is 1. The standard InChI is InChI=1S/C26H20F2N4O4/c27-20-6-5-17(24(29)34)22(28)21(20)23(33)19-13-31-25-18(19)11-16(12-30-25)14-1-3-15(4-2-14)26(35)32-7-9-36-10-8-32/h1-6,11-13H,7-10H2,(H2,29,34)(H,30,31). The summed E-state index contributed by atoms with van der Waals surface area (Å²) in [6.45, 7) is 2.09. The molecule has 8 nitrogen and oxygen atoms in total. The van der Waals surface area contributed by atoms with Crippen LogP contribution in [0, 0.1) is 11.6 Å². The Kier molecular flexibility index (Phi) is 6.03. The molecule has 0 radical (unpaired) electrons. The molecule has 4 aromatic rings. The summed E-state index contributed by atoms with van der Waals surface area (Å²) in [5.41, 5.74) is 5.91. The quantitative estimate of drug-likeness (QED) is 0.416. The normalized spacial score (nSPS) is 13.7. The Labute approximate surface area is 203 Å². The van der Waals surface area contributed by atoms with Gasteiger partial charge in [0.15, 0.2) is 0 Å². The van der Waals surface area contributed by atoms with Gasteiger partial charge in [0.2, 0.25) is 5.78 Å². The van der Waals surface area contributed by atoms with Gasteiger partial charge in [-0.1, -0.05) is 12.1 Å². The number of nitrogens with zero attached hydrogens (tertiary/aromatic N) is 2. The average Bonchev–Trinajstić information content (AvgIpc) is 3.32. The Hall–Kier alpha value is -4.44. The maximum absolute atomic E-state index is 14.8. The summed E-state index contributed by atoms with van der Waals surface area (Å²) in [6.07, 6.45) is 2.89. The lowest BCUT2D eigenvalue weighted by atomic mass is 9.98. The summed E-state index contributed by atoms with van der Waals surface area (Å²) in [4.78, 5) is 46.2. The number of benzene rings is 2. The Bertz CT molecular complexity index is 1510. The molecule has 2 amide bonds. The molecule has 1 saturated heterocycles. The fourth-order valence-electron chi connectivity index (χ4n) is 4.19. The van der Waals surface area contributed by atoms with Crippen molar-refractivity contribution in [1.82, 2.24) is 14.9 Å². The number of carbonyl (C=O) groups excluding carboxylic acids is 3. The summed E-state index contributed by atoms with van der Waals surface area (Å²) < 4.78 is 34.5. The minimum Gasteiger partial charge on any atom is -0.378 e. The van der Waals surface area contributed by atoms with Gasteiger partial charge in [-0.2, -0.15) is 0 Å². The number of ether oxygens (including phenoxy) is 1. The first-order valence-electron chi connectivity index (χ1n) is 11.1. The van der Waals surface area contributed by atoms with Crippen LogP contribution in [-0.2, 0) is 4.74 Å². The molecule has 0 saturated carbocycles. The highest BCUT2D eigenvalue weighted by Gasteiger charge is 2.26. The number of aromatic nitrogens is 2. The molecular formula is C26H20F2N4O4. The topological polar surface area (TPSA) is 118 Å². The molecule has 5 rings (SSSR count). The number of primary amides is 1. The number of H-pyrrole nitrogens is 1. The van der Waals surface area contributed by atoms with Crippen molar-refractivity contribution in [2.45, 2.75) is 0 Å². The number of aromatic amines is 1. The van der Waals surface area contributed by atoms with Crippen LogP contribution in [0.3, 0.4) is 0 Å². The zero-order chi connectivity index (χ0) is 25.4. The molecule has 2 aromatic heterocycles. The van der Waals surface area contributed by atoms with Crippen LogP contribution in [0.15, 0.2) is 54.9 Å². The number of amides is 2. The predicted octanol–water partition coefficient (Wildman–Crippen LogP) is 3.31. The lowest BCUT2D eigenvalue weighted by molar-refractivity contribution is 0.0303. The van der Waals surface area contributed by atoms with E-state index in [-0.39, 0.29) is 11.5 Å². The molecule has 10 heteroatoms. The predicted molar refractivity (Wildman–Crippen MR) is 127 cm³/mol. The van der Waals surface area contributed by atoms with Gasteiger partial charge in [-0.15, -0.1) is 0 Å². The highest BCUT2D eigenvalue weighted by Crippen LogP contribution is 2.28. The summed E-state index contributed by atoms with van der Waals surface area (Å²) in [7, 11) is 0. The van der Waals surface area contributed by atoms with E-state index in [0.717, 1.165) is 17.7 Å². The van der Waals surface area contributed by atoms with E-state index in [0.29, 0.717) is 48.5 Å². The van der Waals surface area contributed by atoms with E-state index in [9.17, 15) is 23.2 Å². The molecule has 0 unspecified atom stereocenters. The number of nitrogens with two attached hydrogens (primary N) is 1. The Balaban J connectivity index is 1.48. The van der Waals surface area contributed by atoms with Crippen molar-refractivity contribution in [3.05, 3.63) is 88.7 Å². The SMILES string of the molecule is NC(=O)c1ccc(F)c(C(=O)c2c[nH]c3ncc(-c4ccc(C(=O)N5CCOCC5)cc4)cc23)c1F. The lowest BCUT2D eigenvalue weighted by Crippen LogP contribution is -2.40. The lowest BCUT2D eigenvalue weighted by Gasteiger charge is -2.26. The van der Waals surface area contributed by atoms with Gasteiger partial charge in [0.25, 0.3) is 11.8 Å². The second-order valence-corrected chi connectivity index (χ2v) is 8.28. The smallest absolute Gasteiger partial charge is 0.254 e. The molecule has 1 fully saturated rings. The van der Waals surface area contributed by atoms with E-state index >= 15 is 0 Å². The van der Waals surface area contributed by atoms with Gasteiger partial charge in [-0.05, 0) is 35.9 Å². The molecular weight excluding hydrogens is 470 g/mol. The van der Waals surface area contributed by atoms with Crippen molar-refractivity contribution < 1.29 is 27.9 Å². The van der Waals surface area contributed by atoms with Crippen LogP contribution in [0.2, 0.25) is 0 Å². The van der Waals surface area contributed by atoms with Gasteiger partial charge < -0.3 is 20.4 Å². The van der Waals surface area contributed by atoms with Crippen LogP contribution in [0.4, 0.5) is 8.78 Å². The highest BCUT2D eigenvalue weighted by atomic mass is 19.1. The van der Waals surface area contributed by atoms with Crippen molar-refractivity contribution in [3.8, 4) is 11.1 Å². The number of fused-ring (bicyclic) bond motifs is 1. The second-order valence-electron chi connectivity index (χ2n) is 8.28. The van der Waals surface area contributed by atoms with Crippen molar-refractivity contribution >= 4 is 28.6 Å². The average molecular weight is 490 g/mol. The number of hydrogen-bond donors (Lipinski definition) is 2. The van der Waals surface area contributed by atoms with Crippen molar-refractivity contribution in [1.29, 1.82) is 0 Å².